The number of nitrogens with zero attached hydrogens (tertiary/aromatic N) is 1. The number of pyridine rings is 1. The average molecular weight is 337 g/mol. The highest BCUT2D eigenvalue weighted by molar-refractivity contribution is 6.15. The van der Waals surface area contributed by atoms with Crippen LogP contribution in [-0.2, 0) is 15.7 Å². The van der Waals surface area contributed by atoms with E-state index in [9.17, 15) is 22.8 Å². The lowest BCUT2D eigenvalue weighted by molar-refractivity contribution is -0.138. The highest BCUT2D eigenvalue weighted by atomic mass is 19.4. The van der Waals surface area contributed by atoms with Crippen molar-refractivity contribution in [2.45, 2.75) is 13.1 Å². The molecule has 0 spiro atoms. The van der Waals surface area contributed by atoms with Gasteiger partial charge in [0.15, 0.2) is 0 Å². The summed E-state index contributed by atoms with van der Waals surface area (Å²) in [6, 6.07) is 8.58. The van der Waals surface area contributed by atoms with E-state index in [1.807, 2.05) is 0 Å². The Labute approximate surface area is 135 Å². The van der Waals surface area contributed by atoms with Crippen molar-refractivity contribution in [2.24, 2.45) is 0 Å². The quantitative estimate of drug-likeness (QED) is 0.634. The standard InChI is InChI=1S/C17H14F3NO3/c1-2-24-16(23)14(21-10-4-3-5-15(21)22)11-12-6-8-13(9-7-12)17(18,19)20/h3-11H,2H2,1H3/b14-11-. The minimum absolute atomic E-state index is 0.0813. The van der Waals surface area contributed by atoms with Gasteiger partial charge in [-0.05, 0) is 36.8 Å². The van der Waals surface area contributed by atoms with Crippen LogP contribution in [0.2, 0.25) is 0 Å². The summed E-state index contributed by atoms with van der Waals surface area (Å²) in [7, 11) is 0. The molecule has 0 unspecified atom stereocenters. The molecule has 7 heteroatoms. The number of carbonyl (C=O) groups is 1. The predicted octanol–water partition coefficient (Wildman–Crippen LogP) is 3.43. The van der Waals surface area contributed by atoms with Gasteiger partial charge in [0.2, 0.25) is 0 Å². The Bertz CT molecular complexity index is 805. The van der Waals surface area contributed by atoms with Crippen molar-refractivity contribution in [1.82, 2.24) is 4.57 Å². The third-order valence-electron chi connectivity index (χ3n) is 3.11. The Balaban J connectivity index is 2.47. The molecular weight excluding hydrogens is 323 g/mol. The van der Waals surface area contributed by atoms with Gasteiger partial charge in [0.1, 0.15) is 5.70 Å². The first kappa shape index (κ1) is 17.5. The van der Waals surface area contributed by atoms with Crippen LogP contribution in [0.1, 0.15) is 18.1 Å². The Morgan fingerprint density at radius 1 is 1.17 bits per heavy atom. The van der Waals surface area contributed by atoms with Gasteiger partial charge in [-0.2, -0.15) is 13.2 Å². The summed E-state index contributed by atoms with van der Waals surface area (Å²) in [6.07, 6.45) is -1.75. The van der Waals surface area contributed by atoms with E-state index in [4.69, 9.17) is 4.74 Å². The molecule has 0 aliphatic carbocycles. The molecule has 4 nitrogen and oxygen atoms in total. The maximum absolute atomic E-state index is 12.6. The average Bonchev–Trinajstić information content (AvgIpc) is 2.53. The van der Waals surface area contributed by atoms with E-state index in [2.05, 4.69) is 0 Å². The lowest BCUT2D eigenvalue weighted by Crippen LogP contribution is -2.22. The minimum atomic E-state index is -4.44. The molecule has 0 radical (unpaired) electrons. The van der Waals surface area contributed by atoms with Gasteiger partial charge in [0, 0.05) is 12.3 Å². The Morgan fingerprint density at radius 3 is 2.38 bits per heavy atom. The monoisotopic (exact) mass is 337 g/mol. The zero-order valence-electron chi connectivity index (χ0n) is 12.7. The highest BCUT2D eigenvalue weighted by Crippen LogP contribution is 2.29. The minimum Gasteiger partial charge on any atom is -0.461 e. The summed E-state index contributed by atoms with van der Waals surface area (Å²) >= 11 is 0. The SMILES string of the molecule is CCOC(=O)/C(=C/c1ccc(C(F)(F)F)cc1)n1ccccc1=O. The summed E-state index contributed by atoms with van der Waals surface area (Å²) in [5.74, 6) is -0.745. The molecule has 0 bridgehead atoms. The first-order valence-corrected chi connectivity index (χ1v) is 7.07. The number of alkyl halides is 3. The van der Waals surface area contributed by atoms with Crippen molar-refractivity contribution >= 4 is 17.7 Å². The van der Waals surface area contributed by atoms with E-state index >= 15 is 0 Å². The molecule has 2 aromatic rings. The van der Waals surface area contributed by atoms with E-state index in [0.29, 0.717) is 5.56 Å². The second-order valence-electron chi connectivity index (χ2n) is 4.78. The Hall–Kier alpha value is -2.83. The molecule has 126 valence electrons. The number of benzene rings is 1. The van der Waals surface area contributed by atoms with Crippen LogP contribution in [0.25, 0.3) is 11.8 Å². The normalized spacial score (nSPS) is 12.1. The van der Waals surface area contributed by atoms with Crippen molar-refractivity contribution in [2.75, 3.05) is 6.61 Å². The van der Waals surface area contributed by atoms with Gasteiger partial charge in [0.05, 0.1) is 12.2 Å². The van der Waals surface area contributed by atoms with Crippen LogP contribution >= 0.6 is 0 Å². The van der Waals surface area contributed by atoms with Crippen LogP contribution in [-0.4, -0.2) is 17.1 Å². The Morgan fingerprint density at radius 2 is 1.83 bits per heavy atom. The first-order valence-electron chi connectivity index (χ1n) is 7.07. The number of aromatic nitrogens is 1. The smallest absolute Gasteiger partial charge is 0.416 e. The molecule has 0 fully saturated rings. The maximum Gasteiger partial charge on any atom is 0.416 e. The van der Waals surface area contributed by atoms with Crippen LogP contribution in [0.15, 0.2) is 53.5 Å². The summed E-state index contributed by atoms with van der Waals surface area (Å²) in [5.41, 5.74) is -0.998. The molecule has 0 N–H and O–H groups in total. The van der Waals surface area contributed by atoms with Crippen molar-refractivity contribution in [3.05, 3.63) is 70.1 Å². The maximum atomic E-state index is 12.6. The van der Waals surface area contributed by atoms with E-state index in [1.54, 1.807) is 13.0 Å². The second-order valence-corrected chi connectivity index (χ2v) is 4.78. The van der Waals surface area contributed by atoms with Crippen LogP contribution in [0.3, 0.4) is 0 Å². The number of hydrogen-bond acceptors (Lipinski definition) is 3. The molecule has 0 aliphatic heterocycles. The lowest BCUT2D eigenvalue weighted by atomic mass is 10.1. The second kappa shape index (κ2) is 7.16. The number of ether oxygens (including phenoxy) is 1. The zero-order chi connectivity index (χ0) is 17.7. The molecule has 0 atom stereocenters. The van der Waals surface area contributed by atoms with Crippen LogP contribution in [0.5, 0.6) is 0 Å². The van der Waals surface area contributed by atoms with E-state index in [-0.39, 0.29) is 12.3 Å². The molecule has 24 heavy (non-hydrogen) atoms. The van der Waals surface area contributed by atoms with Gasteiger partial charge in [-0.1, -0.05) is 18.2 Å². The molecule has 0 amide bonds. The number of esters is 1. The third-order valence-corrected chi connectivity index (χ3v) is 3.11. The largest absolute Gasteiger partial charge is 0.461 e. The van der Waals surface area contributed by atoms with Gasteiger partial charge in [0.25, 0.3) is 5.56 Å². The van der Waals surface area contributed by atoms with Gasteiger partial charge in [-0.3, -0.25) is 9.36 Å². The van der Waals surface area contributed by atoms with Crippen molar-refractivity contribution in [1.29, 1.82) is 0 Å². The summed E-state index contributed by atoms with van der Waals surface area (Å²) in [5, 5.41) is 0. The third kappa shape index (κ3) is 4.13. The van der Waals surface area contributed by atoms with Gasteiger partial charge in [-0.15, -0.1) is 0 Å². The molecule has 0 saturated carbocycles. The van der Waals surface area contributed by atoms with E-state index < -0.39 is 23.3 Å². The fraction of sp³-hybridized carbons (Fsp3) is 0.176. The number of carbonyl (C=O) groups excluding carboxylic acids is 1. The molecule has 0 saturated heterocycles. The van der Waals surface area contributed by atoms with Gasteiger partial charge < -0.3 is 4.74 Å². The van der Waals surface area contributed by atoms with Crippen molar-refractivity contribution < 1.29 is 22.7 Å². The molecule has 1 heterocycles. The van der Waals surface area contributed by atoms with Gasteiger partial charge >= 0.3 is 12.1 Å². The fourth-order valence-electron chi connectivity index (χ4n) is 1.98. The first-order chi connectivity index (χ1) is 11.3. The van der Waals surface area contributed by atoms with Crippen LogP contribution in [0.4, 0.5) is 13.2 Å². The highest BCUT2D eigenvalue weighted by Gasteiger charge is 2.29. The topological polar surface area (TPSA) is 48.3 Å². The van der Waals surface area contributed by atoms with Crippen LogP contribution < -0.4 is 5.56 Å². The number of rotatable bonds is 4. The van der Waals surface area contributed by atoms with Crippen LogP contribution in [0, 0.1) is 0 Å². The molecule has 1 aromatic carbocycles. The summed E-state index contributed by atoms with van der Waals surface area (Å²) < 4.78 is 43.8. The zero-order valence-corrected chi connectivity index (χ0v) is 12.7. The van der Waals surface area contributed by atoms with Crippen molar-refractivity contribution in [3.8, 4) is 0 Å². The molecule has 2 rings (SSSR count). The van der Waals surface area contributed by atoms with E-state index in [0.717, 1.165) is 16.7 Å². The predicted molar refractivity (Wildman–Crippen MR) is 82.9 cm³/mol. The number of hydrogen-bond donors (Lipinski definition) is 0. The molecular formula is C17H14F3NO3. The number of halogens is 3. The molecule has 0 aliphatic rings. The van der Waals surface area contributed by atoms with E-state index in [1.165, 1.54) is 36.5 Å². The summed E-state index contributed by atoms with van der Waals surface area (Å²) in [6.45, 7) is 1.71. The summed E-state index contributed by atoms with van der Waals surface area (Å²) in [4.78, 5) is 24.0. The Kier molecular flexibility index (Phi) is 5.23. The fourth-order valence-corrected chi connectivity index (χ4v) is 1.98. The lowest BCUT2D eigenvalue weighted by Gasteiger charge is -2.10. The van der Waals surface area contributed by atoms with Crippen molar-refractivity contribution in [3.63, 3.8) is 0 Å². The molecule has 1 aromatic heterocycles. The van der Waals surface area contributed by atoms with Gasteiger partial charge in [-0.25, -0.2) is 4.79 Å².